The molecule has 6 heterocycles. The van der Waals surface area contributed by atoms with Crippen LogP contribution < -0.4 is 15.7 Å². The highest BCUT2D eigenvalue weighted by Gasteiger charge is 2.45. The van der Waals surface area contributed by atoms with Gasteiger partial charge in [-0.15, -0.1) is 11.3 Å². The molecule has 0 atom stereocenters. The van der Waals surface area contributed by atoms with Gasteiger partial charge in [0.2, 0.25) is 0 Å². The highest BCUT2D eigenvalue weighted by molar-refractivity contribution is 7.25. The Labute approximate surface area is 337 Å². The van der Waals surface area contributed by atoms with Gasteiger partial charge in [-0.05, 0) is 94.2 Å². The first-order valence-electron chi connectivity index (χ1n) is 20.1. The van der Waals surface area contributed by atoms with E-state index in [-0.39, 0.29) is 12.3 Å². The second-order valence-electron chi connectivity index (χ2n) is 17.2. The monoisotopic (exact) mass is 760 g/mol. The van der Waals surface area contributed by atoms with Crippen molar-refractivity contribution in [2.45, 2.75) is 26.2 Å². The molecule has 0 saturated carbocycles. The number of anilines is 2. The van der Waals surface area contributed by atoms with Crippen LogP contribution in [-0.2, 0) is 5.41 Å². The minimum atomic E-state index is -0.135. The lowest BCUT2D eigenvalue weighted by molar-refractivity contribution is 0.590. The fourth-order valence-corrected chi connectivity index (χ4v) is 11.6. The van der Waals surface area contributed by atoms with Gasteiger partial charge in [-0.25, -0.2) is 0 Å². The van der Waals surface area contributed by atoms with Crippen molar-refractivity contribution in [2.75, 3.05) is 4.81 Å². The Kier molecular flexibility index (Phi) is 5.73. The third-order valence-electron chi connectivity index (χ3n) is 13.1. The van der Waals surface area contributed by atoms with Crippen molar-refractivity contribution in [3.8, 4) is 16.8 Å². The van der Waals surface area contributed by atoms with Gasteiger partial charge in [0.05, 0.1) is 16.4 Å². The molecule has 2 aliphatic rings. The Morgan fingerprint density at radius 1 is 0.534 bits per heavy atom. The van der Waals surface area contributed by atoms with Crippen LogP contribution in [0.2, 0.25) is 0 Å². The van der Waals surface area contributed by atoms with Crippen LogP contribution >= 0.6 is 11.3 Å². The zero-order valence-electron chi connectivity index (χ0n) is 32.1. The molecule has 4 aromatic heterocycles. The zero-order chi connectivity index (χ0) is 38.2. The molecule has 0 saturated heterocycles. The summed E-state index contributed by atoms with van der Waals surface area (Å²) < 4.78 is 18.7. The topological polar surface area (TPSA) is 34.5 Å². The van der Waals surface area contributed by atoms with E-state index in [2.05, 4.69) is 176 Å². The van der Waals surface area contributed by atoms with E-state index in [9.17, 15) is 0 Å². The number of rotatable bonds is 1. The summed E-state index contributed by atoms with van der Waals surface area (Å²) in [6.07, 6.45) is 0. The Morgan fingerprint density at radius 2 is 1.24 bits per heavy atom. The van der Waals surface area contributed by atoms with Crippen molar-refractivity contribution in [3.05, 3.63) is 151 Å². The van der Waals surface area contributed by atoms with Crippen molar-refractivity contribution < 1.29 is 8.83 Å². The Morgan fingerprint density at radius 3 is 2.05 bits per heavy atom. The summed E-state index contributed by atoms with van der Waals surface area (Å²) in [4.78, 5) is 2.63. The van der Waals surface area contributed by atoms with E-state index >= 15 is 0 Å². The fraction of sp³-hybridized carbons (Fsp3) is 0.0769. The summed E-state index contributed by atoms with van der Waals surface area (Å²) >= 11 is 1.88. The van der Waals surface area contributed by atoms with E-state index in [4.69, 9.17) is 8.83 Å². The second-order valence-corrected chi connectivity index (χ2v) is 18.3. The molecule has 0 bridgehead atoms. The molecule has 0 unspecified atom stereocenters. The van der Waals surface area contributed by atoms with Gasteiger partial charge >= 0.3 is 6.85 Å². The number of thiophene rings is 1. The number of furan rings is 2. The van der Waals surface area contributed by atoms with Crippen molar-refractivity contribution in [2.24, 2.45) is 0 Å². The van der Waals surface area contributed by atoms with E-state index in [0.717, 1.165) is 54.8 Å². The van der Waals surface area contributed by atoms with E-state index in [1.165, 1.54) is 75.8 Å². The molecular formula is C52H33BN2O2S. The molecule has 0 spiro atoms. The Balaban J connectivity index is 1.18. The van der Waals surface area contributed by atoms with Gasteiger partial charge in [0.25, 0.3) is 0 Å². The molecule has 4 nitrogen and oxygen atoms in total. The molecule has 6 heteroatoms. The van der Waals surface area contributed by atoms with Gasteiger partial charge in [0, 0.05) is 69.7 Å². The molecule has 0 aliphatic carbocycles. The summed E-state index contributed by atoms with van der Waals surface area (Å²) in [5.74, 6) is 0. The number of nitrogens with zero attached hydrogens (tertiary/aromatic N) is 2. The quantitative estimate of drug-likeness (QED) is 0.156. The number of hydrogen-bond donors (Lipinski definition) is 0. The Bertz CT molecular complexity index is 3800. The molecule has 0 N–H and O–H groups in total. The standard InChI is InChI=1S/C52H33BN2O2S/c1-52(2,3)28-16-18-29(19-17-28)55-41-25-38-32-12-6-9-15-46(32)58-47(38)26-36(41)33-20-21-35-48-40(23-22-34-30-10-4-8-14-44(30)57-51(34)48)54-42-24-37-31-11-5-7-13-43(31)56-45(37)27-39(42)53(55)49(33)50(35)54/h4-27H,1-3H3. The lowest BCUT2D eigenvalue weighted by Crippen LogP contribution is -2.60. The maximum atomic E-state index is 6.82. The first-order chi connectivity index (χ1) is 28.4. The summed E-state index contributed by atoms with van der Waals surface area (Å²) in [5, 5.41) is 9.50. The van der Waals surface area contributed by atoms with E-state index in [1.54, 1.807) is 0 Å². The molecular weight excluding hydrogens is 727 g/mol. The first kappa shape index (κ1) is 31.3. The lowest BCUT2D eigenvalue weighted by Gasteiger charge is -2.42. The molecule has 2 aliphatic heterocycles. The largest absolute Gasteiger partial charge is 0.456 e. The minimum Gasteiger partial charge on any atom is -0.456 e. The van der Waals surface area contributed by atoms with Gasteiger partial charge in [0.1, 0.15) is 22.3 Å². The van der Waals surface area contributed by atoms with Crippen molar-refractivity contribution in [1.29, 1.82) is 0 Å². The van der Waals surface area contributed by atoms with Crippen LogP contribution in [0.4, 0.5) is 11.4 Å². The number of hydrogen-bond acceptors (Lipinski definition) is 4. The molecule has 0 fully saturated rings. The number of para-hydroxylation sites is 2. The summed E-state index contributed by atoms with van der Waals surface area (Å²) in [6.45, 7) is 6.73. The van der Waals surface area contributed by atoms with Gasteiger partial charge in [-0.1, -0.05) is 99.6 Å². The molecule has 0 amide bonds. The van der Waals surface area contributed by atoms with Gasteiger partial charge < -0.3 is 18.2 Å². The summed E-state index contributed by atoms with van der Waals surface area (Å²) in [6, 6.07) is 54.0. The summed E-state index contributed by atoms with van der Waals surface area (Å²) in [5.41, 5.74) is 16.0. The van der Waals surface area contributed by atoms with E-state index in [0.29, 0.717) is 0 Å². The van der Waals surface area contributed by atoms with Crippen LogP contribution in [0.25, 0.3) is 103 Å². The van der Waals surface area contributed by atoms with Gasteiger partial charge in [-0.2, -0.15) is 0 Å². The SMILES string of the molecule is CC(C)(C)c1ccc(N2B3c4cc5oc6ccccc6c5cc4-n4c5ccc6c7ccccc7oc6c5c5ccc(c3c54)-c3cc4sc5ccccc5c4cc32)cc1. The van der Waals surface area contributed by atoms with Crippen molar-refractivity contribution >= 4 is 126 Å². The number of aromatic nitrogens is 1. The van der Waals surface area contributed by atoms with Crippen LogP contribution in [0.1, 0.15) is 26.3 Å². The zero-order valence-corrected chi connectivity index (χ0v) is 32.9. The molecule has 272 valence electrons. The van der Waals surface area contributed by atoms with Gasteiger partial charge in [0.15, 0.2) is 0 Å². The molecule has 0 radical (unpaired) electrons. The summed E-state index contributed by atoms with van der Waals surface area (Å²) in [7, 11) is 0. The molecule has 14 rings (SSSR count). The fourth-order valence-electron chi connectivity index (χ4n) is 10.5. The normalized spacial score (nSPS) is 13.7. The van der Waals surface area contributed by atoms with Crippen LogP contribution in [0.15, 0.2) is 154 Å². The van der Waals surface area contributed by atoms with Crippen molar-refractivity contribution in [1.82, 2.24) is 4.57 Å². The number of benzene rings is 8. The van der Waals surface area contributed by atoms with E-state index in [1.807, 2.05) is 11.3 Å². The highest BCUT2D eigenvalue weighted by atomic mass is 32.1. The van der Waals surface area contributed by atoms with E-state index < -0.39 is 0 Å². The molecule has 12 aromatic rings. The van der Waals surface area contributed by atoms with Crippen LogP contribution in [0, 0.1) is 0 Å². The third kappa shape index (κ3) is 3.86. The maximum absolute atomic E-state index is 6.82. The predicted octanol–water partition coefficient (Wildman–Crippen LogP) is 13.5. The Hall–Kier alpha value is -6.76. The first-order valence-corrected chi connectivity index (χ1v) is 20.9. The van der Waals surface area contributed by atoms with Gasteiger partial charge in [-0.3, -0.25) is 0 Å². The molecule has 8 aromatic carbocycles. The maximum Gasteiger partial charge on any atom is 0.333 e. The predicted molar refractivity (Wildman–Crippen MR) is 246 cm³/mol. The average Bonchev–Trinajstić information content (AvgIpc) is 4.00. The lowest BCUT2D eigenvalue weighted by atomic mass is 9.44. The van der Waals surface area contributed by atoms with Crippen molar-refractivity contribution in [3.63, 3.8) is 0 Å². The van der Waals surface area contributed by atoms with Crippen LogP contribution in [-0.4, -0.2) is 11.4 Å². The highest BCUT2D eigenvalue weighted by Crippen LogP contribution is 2.50. The second kappa shape index (κ2) is 10.6. The minimum absolute atomic E-state index is 0.0338. The molecule has 58 heavy (non-hydrogen) atoms. The number of fused-ring (bicyclic) bond motifs is 18. The smallest absolute Gasteiger partial charge is 0.333 e. The average molecular weight is 761 g/mol. The van der Waals surface area contributed by atoms with Crippen LogP contribution in [0.3, 0.4) is 0 Å². The van der Waals surface area contributed by atoms with Crippen LogP contribution in [0.5, 0.6) is 0 Å². The third-order valence-corrected chi connectivity index (χ3v) is 14.3.